The number of likely N-dealkylation sites (N-methyl/N-ethyl adjacent to an activating group) is 1. The van der Waals surface area contributed by atoms with Gasteiger partial charge in [0.2, 0.25) is 10.0 Å². The molecule has 3 atom stereocenters. The number of para-hydroxylation sites is 1. The van der Waals surface area contributed by atoms with Crippen molar-refractivity contribution in [2.75, 3.05) is 33.9 Å². The predicted octanol–water partition coefficient (Wildman–Crippen LogP) is 2.79. The van der Waals surface area contributed by atoms with E-state index in [-0.39, 0.29) is 35.8 Å². The highest BCUT2D eigenvalue weighted by atomic mass is 32.2. The summed E-state index contributed by atoms with van der Waals surface area (Å²) < 4.78 is 40.7. The first kappa shape index (κ1) is 28.5. The molecule has 2 heterocycles. The van der Waals surface area contributed by atoms with Gasteiger partial charge in [0.1, 0.15) is 28.8 Å². The number of nitrogens with zero attached hydrogens (tertiary/aromatic N) is 4. The number of methoxy groups -OCH3 is 1. The molecule has 1 aromatic heterocycles. The number of ether oxygens (including phenoxy) is 2. The second kappa shape index (κ2) is 12.6. The van der Waals surface area contributed by atoms with E-state index in [1.54, 1.807) is 38.6 Å². The van der Waals surface area contributed by atoms with Crippen molar-refractivity contribution in [1.29, 1.82) is 0 Å². The molecule has 2 aromatic carbocycles. The van der Waals surface area contributed by atoms with Crippen molar-refractivity contribution in [2.45, 2.75) is 37.4 Å². The van der Waals surface area contributed by atoms with Crippen LogP contribution in [0.4, 0.5) is 0 Å². The molecule has 1 N–H and O–H groups in total. The summed E-state index contributed by atoms with van der Waals surface area (Å²) in [4.78, 5) is 10.3. The third kappa shape index (κ3) is 6.75. The van der Waals surface area contributed by atoms with Crippen LogP contribution < -0.4 is 9.47 Å². The largest absolute Gasteiger partial charge is 0.495 e. The summed E-state index contributed by atoms with van der Waals surface area (Å²) >= 11 is 0. The van der Waals surface area contributed by atoms with Gasteiger partial charge in [-0.2, -0.15) is 4.31 Å². The molecule has 1 aliphatic rings. The van der Waals surface area contributed by atoms with Gasteiger partial charge < -0.3 is 14.6 Å². The monoisotopic (exact) mass is 550 g/mol. The van der Waals surface area contributed by atoms with Crippen LogP contribution in [-0.4, -0.2) is 78.7 Å². The maximum Gasteiger partial charge on any atom is 0.247 e. The van der Waals surface area contributed by atoms with Crippen molar-refractivity contribution in [3.05, 3.63) is 77.9 Å². The fraction of sp³-hybridized carbons (Fsp3) is 0.379. The molecule has 0 spiro atoms. The molecule has 0 bridgehead atoms. The Morgan fingerprint density at radius 2 is 1.95 bits per heavy atom. The number of rotatable bonds is 7. The molecule has 0 amide bonds. The van der Waals surface area contributed by atoms with Crippen LogP contribution in [0.5, 0.6) is 11.5 Å². The van der Waals surface area contributed by atoms with Gasteiger partial charge >= 0.3 is 0 Å². The van der Waals surface area contributed by atoms with Crippen LogP contribution in [0, 0.1) is 17.8 Å². The minimum atomic E-state index is -3.93. The average Bonchev–Trinajstić information content (AvgIpc) is 2.94. The third-order valence-corrected chi connectivity index (χ3v) is 8.69. The molecule has 0 radical (unpaired) electrons. The Labute approximate surface area is 230 Å². The van der Waals surface area contributed by atoms with Crippen LogP contribution in [0.15, 0.2) is 66.1 Å². The Morgan fingerprint density at radius 3 is 2.67 bits per heavy atom. The van der Waals surface area contributed by atoms with Gasteiger partial charge in [-0.25, -0.2) is 18.4 Å². The Kier molecular flexibility index (Phi) is 9.20. The van der Waals surface area contributed by atoms with Crippen molar-refractivity contribution in [3.8, 4) is 23.3 Å². The first-order chi connectivity index (χ1) is 18.7. The number of hydrogen-bond acceptors (Lipinski definition) is 8. The molecule has 3 aromatic rings. The van der Waals surface area contributed by atoms with Crippen molar-refractivity contribution in [2.24, 2.45) is 5.92 Å². The van der Waals surface area contributed by atoms with Crippen molar-refractivity contribution in [3.63, 3.8) is 0 Å². The topological polar surface area (TPSA) is 105 Å². The highest BCUT2D eigenvalue weighted by Gasteiger charge is 2.38. The van der Waals surface area contributed by atoms with Crippen molar-refractivity contribution >= 4 is 10.0 Å². The quantitative estimate of drug-likeness (QED) is 0.448. The molecule has 0 saturated carbocycles. The summed E-state index contributed by atoms with van der Waals surface area (Å²) in [6, 6.07) is 11.7. The first-order valence-electron chi connectivity index (χ1n) is 12.7. The van der Waals surface area contributed by atoms with Crippen LogP contribution in [-0.2, 0) is 16.6 Å². The van der Waals surface area contributed by atoms with Crippen LogP contribution >= 0.6 is 0 Å². The zero-order chi connectivity index (χ0) is 28.0. The molecule has 0 fully saturated rings. The van der Waals surface area contributed by atoms with Crippen LogP contribution in [0.2, 0.25) is 0 Å². The number of sulfonamides is 1. The molecule has 10 heteroatoms. The first-order valence-corrected chi connectivity index (χ1v) is 14.2. The van der Waals surface area contributed by atoms with Gasteiger partial charge in [0, 0.05) is 55.1 Å². The number of fused-ring (bicyclic) bond motifs is 1. The fourth-order valence-corrected chi connectivity index (χ4v) is 6.33. The summed E-state index contributed by atoms with van der Waals surface area (Å²) in [5.74, 6) is 6.95. The van der Waals surface area contributed by atoms with E-state index in [0.717, 1.165) is 11.1 Å². The van der Waals surface area contributed by atoms with Gasteiger partial charge in [-0.05, 0) is 44.3 Å². The zero-order valence-corrected chi connectivity index (χ0v) is 23.4. The van der Waals surface area contributed by atoms with E-state index in [1.807, 2.05) is 38.2 Å². The van der Waals surface area contributed by atoms with Gasteiger partial charge in [0.05, 0.1) is 19.3 Å². The molecule has 0 saturated heterocycles. The summed E-state index contributed by atoms with van der Waals surface area (Å²) in [6.07, 6.45) is 4.70. The van der Waals surface area contributed by atoms with Crippen LogP contribution in [0.1, 0.15) is 30.5 Å². The van der Waals surface area contributed by atoms with Crippen LogP contribution in [0.25, 0.3) is 0 Å². The normalized spacial score (nSPS) is 19.5. The lowest BCUT2D eigenvalue weighted by atomic mass is 10.0. The minimum Gasteiger partial charge on any atom is -0.495 e. The summed E-state index contributed by atoms with van der Waals surface area (Å²) in [7, 11) is -0.367. The summed E-state index contributed by atoms with van der Waals surface area (Å²) in [5, 5.41) is 9.87. The standard InChI is InChI=1S/C29H34N4O5S/c1-21-16-33(22(2)19-34)39(35,36)29-12-10-23(9-11-25-7-5-6-8-26(25)37-4)13-27(29)38-28(21)18-32(3)17-24-14-30-20-31-15-24/h5-8,10,12-15,20-22,28,34H,16-19H2,1-4H3/t21-,22-,28-/m0/s1. The van der Waals surface area contributed by atoms with E-state index >= 15 is 0 Å². The second-order valence-electron chi connectivity index (χ2n) is 9.80. The van der Waals surface area contributed by atoms with E-state index in [0.29, 0.717) is 24.4 Å². The molecule has 0 aliphatic carbocycles. The number of hydrogen-bond donors (Lipinski definition) is 1. The maximum atomic E-state index is 13.7. The Balaban J connectivity index is 1.71. The minimum absolute atomic E-state index is 0.0571. The third-order valence-electron chi connectivity index (χ3n) is 6.67. The van der Waals surface area contributed by atoms with Gasteiger partial charge in [0.25, 0.3) is 0 Å². The van der Waals surface area contributed by atoms with Gasteiger partial charge in [-0.3, -0.25) is 4.90 Å². The zero-order valence-electron chi connectivity index (χ0n) is 22.6. The van der Waals surface area contributed by atoms with Crippen molar-refractivity contribution in [1.82, 2.24) is 19.2 Å². The lowest BCUT2D eigenvalue weighted by Crippen LogP contribution is -2.49. The predicted molar refractivity (Wildman–Crippen MR) is 148 cm³/mol. The average molecular weight is 551 g/mol. The van der Waals surface area contributed by atoms with Gasteiger partial charge in [-0.15, -0.1) is 0 Å². The van der Waals surface area contributed by atoms with Gasteiger partial charge in [-0.1, -0.05) is 30.9 Å². The van der Waals surface area contributed by atoms with Crippen molar-refractivity contribution < 1.29 is 23.0 Å². The second-order valence-corrected chi connectivity index (χ2v) is 11.7. The number of aromatic nitrogens is 2. The SMILES string of the molecule is COc1ccccc1C#Cc1ccc2c(c1)O[C@@H](CN(C)Cc1cncnc1)[C@@H](C)CN([C@@H](C)CO)S2(=O)=O. The summed E-state index contributed by atoms with van der Waals surface area (Å²) in [5.41, 5.74) is 2.30. The highest BCUT2D eigenvalue weighted by Crippen LogP contribution is 2.34. The molecular formula is C29H34N4O5S. The van der Waals surface area contributed by atoms with E-state index in [2.05, 4.69) is 26.7 Å². The smallest absolute Gasteiger partial charge is 0.247 e. The Bertz CT molecular complexity index is 1440. The number of aliphatic hydroxyl groups is 1. The number of benzene rings is 2. The van der Waals surface area contributed by atoms with E-state index in [9.17, 15) is 13.5 Å². The molecule has 1 aliphatic heterocycles. The molecule has 206 valence electrons. The Hall–Kier alpha value is -3.49. The number of aliphatic hydroxyl groups excluding tert-OH is 1. The highest BCUT2D eigenvalue weighted by molar-refractivity contribution is 7.89. The molecule has 39 heavy (non-hydrogen) atoms. The lowest BCUT2D eigenvalue weighted by Gasteiger charge is -2.37. The lowest BCUT2D eigenvalue weighted by molar-refractivity contribution is 0.0733. The fourth-order valence-electron chi connectivity index (χ4n) is 4.50. The van der Waals surface area contributed by atoms with E-state index in [1.165, 1.54) is 16.7 Å². The van der Waals surface area contributed by atoms with E-state index < -0.39 is 16.1 Å². The molecule has 0 unspecified atom stereocenters. The van der Waals surface area contributed by atoms with E-state index in [4.69, 9.17) is 9.47 Å². The molecular weight excluding hydrogens is 516 g/mol. The molecule has 4 rings (SSSR count). The summed E-state index contributed by atoms with van der Waals surface area (Å²) in [6.45, 7) is 4.74. The van der Waals surface area contributed by atoms with Gasteiger partial charge in [0.15, 0.2) is 0 Å². The molecule has 9 nitrogen and oxygen atoms in total. The maximum absolute atomic E-state index is 13.7. The Morgan fingerprint density at radius 1 is 1.21 bits per heavy atom. The van der Waals surface area contributed by atoms with Crippen LogP contribution in [0.3, 0.4) is 0 Å².